The number of rotatable bonds is 3. The molecule has 16 heavy (non-hydrogen) atoms. The van der Waals surface area contributed by atoms with Crippen LogP contribution < -0.4 is 10.6 Å². The van der Waals surface area contributed by atoms with Crippen molar-refractivity contribution in [2.75, 3.05) is 13.1 Å². The topological polar surface area (TPSA) is 49.8 Å². The maximum absolute atomic E-state index is 4.30. The van der Waals surface area contributed by atoms with Crippen LogP contribution in [0.15, 0.2) is 18.6 Å². The van der Waals surface area contributed by atoms with Crippen LogP contribution in [0.1, 0.15) is 31.5 Å². The van der Waals surface area contributed by atoms with Crippen LogP contribution in [0, 0.1) is 0 Å². The maximum Gasteiger partial charge on any atom is 0.0753 e. The summed E-state index contributed by atoms with van der Waals surface area (Å²) < 4.78 is 0. The van der Waals surface area contributed by atoms with E-state index in [2.05, 4.69) is 27.5 Å². The summed E-state index contributed by atoms with van der Waals surface area (Å²) in [6.07, 6.45) is 7.78. The summed E-state index contributed by atoms with van der Waals surface area (Å²) >= 11 is 0. The summed E-state index contributed by atoms with van der Waals surface area (Å²) in [5, 5.41) is 6.96. The first kappa shape index (κ1) is 13.4. The van der Waals surface area contributed by atoms with E-state index in [4.69, 9.17) is 0 Å². The van der Waals surface area contributed by atoms with Crippen LogP contribution in [0.4, 0.5) is 0 Å². The van der Waals surface area contributed by atoms with Crippen LogP contribution >= 0.6 is 12.4 Å². The van der Waals surface area contributed by atoms with Gasteiger partial charge in [0.1, 0.15) is 0 Å². The minimum absolute atomic E-state index is 0. The first-order chi connectivity index (χ1) is 7.36. The summed E-state index contributed by atoms with van der Waals surface area (Å²) in [6, 6.07) is 0.847. The van der Waals surface area contributed by atoms with Crippen molar-refractivity contribution in [1.29, 1.82) is 0 Å². The van der Waals surface area contributed by atoms with Crippen molar-refractivity contribution in [1.82, 2.24) is 20.6 Å². The highest BCUT2D eigenvalue weighted by Crippen LogP contribution is 2.11. The van der Waals surface area contributed by atoms with E-state index in [0.29, 0.717) is 6.04 Å². The molecular weight excluding hydrogens is 224 g/mol. The van der Waals surface area contributed by atoms with Crippen molar-refractivity contribution in [3.05, 3.63) is 24.3 Å². The molecule has 2 atom stereocenters. The van der Waals surface area contributed by atoms with Crippen LogP contribution in [-0.4, -0.2) is 29.1 Å². The van der Waals surface area contributed by atoms with Crippen LogP contribution in [0.5, 0.6) is 0 Å². The molecule has 2 heterocycles. The van der Waals surface area contributed by atoms with E-state index < -0.39 is 0 Å². The van der Waals surface area contributed by atoms with Crippen LogP contribution in [0.2, 0.25) is 0 Å². The standard InChI is InChI=1S/C11H18N4.ClH/c1-9(11-8-13-5-6-14-11)15-10-3-2-4-12-7-10;/h5-6,8-10,12,15H,2-4,7H2,1H3;1H/t9?,10-;/m1./s1. The molecule has 0 radical (unpaired) electrons. The highest BCUT2D eigenvalue weighted by Gasteiger charge is 2.16. The Morgan fingerprint density at radius 1 is 1.50 bits per heavy atom. The summed E-state index contributed by atoms with van der Waals surface area (Å²) in [6.45, 7) is 4.35. The second-order valence-corrected chi connectivity index (χ2v) is 4.06. The Morgan fingerprint density at radius 3 is 3.00 bits per heavy atom. The first-order valence-corrected chi connectivity index (χ1v) is 5.59. The summed E-state index contributed by atoms with van der Waals surface area (Å²) in [4.78, 5) is 8.38. The minimum atomic E-state index is 0. The lowest BCUT2D eigenvalue weighted by Crippen LogP contribution is -2.44. The molecule has 1 aliphatic heterocycles. The van der Waals surface area contributed by atoms with Gasteiger partial charge in [-0.2, -0.15) is 0 Å². The van der Waals surface area contributed by atoms with Gasteiger partial charge in [-0.25, -0.2) is 0 Å². The van der Waals surface area contributed by atoms with E-state index in [0.717, 1.165) is 18.8 Å². The van der Waals surface area contributed by atoms with E-state index >= 15 is 0 Å². The summed E-state index contributed by atoms with van der Waals surface area (Å²) in [5.74, 6) is 0. The smallest absolute Gasteiger partial charge is 0.0753 e. The average molecular weight is 243 g/mol. The van der Waals surface area contributed by atoms with Crippen molar-refractivity contribution in [3.63, 3.8) is 0 Å². The molecule has 5 heteroatoms. The third kappa shape index (κ3) is 3.70. The zero-order valence-electron chi connectivity index (χ0n) is 9.52. The summed E-state index contributed by atoms with van der Waals surface area (Å²) in [7, 11) is 0. The third-order valence-electron chi connectivity index (χ3n) is 2.81. The second kappa shape index (κ2) is 6.78. The number of nitrogens with zero attached hydrogens (tertiary/aromatic N) is 2. The summed E-state index contributed by atoms with van der Waals surface area (Å²) in [5.41, 5.74) is 1.02. The van der Waals surface area contributed by atoms with Crippen molar-refractivity contribution in [2.45, 2.75) is 31.8 Å². The molecule has 4 nitrogen and oxygen atoms in total. The molecule has 2 rings (SSSR count). The molecule has 1 unspecified atom stereocenters. The Labute approximate surface area is 103 Å². The average Bonchev–Trinajstić information content (AvgIpc) is 2.31. The Hall–Kier alpha value is -0.710. The molecule has 2 N–H and O–H groups in total. The van der Waals surface area contributed by atoms with Gasteiger partial charge in [0.05, 0.1) is 5.69 Å². The number of aromatic nitrogens is 2. The second-order valence-electron chi connectivity index (χ2n) is 4.06. The first-order valence-electron chi connectivity index (χ1n) is 5.59. The normalized spacial score (nSPS) is 22.2. The molecule has 1 saturated heterocycles. The molecule has 0 saturated carbocycles. The predicted molar refractivity (Wildman–Crippen MR) is 66.7 cm³/mol. The monoisotopic (exact) mass is 242 g/mol. The van der Waals surface area contributed by atoms with Crippen molar-refractivity contribution < 1.29 is 0 Å². The molecule has 1 aliphatic rings. The number of nitrogens with one attached hydrogen (secondary N) is 2. The lowest BCUT2D eigenvalue weighted by molar-refractivity contribution is 0.359. The van der Waals surface area contributed by atoms with Gasteiger partial charge < -0.3 is 10.6 Å². The van der Waals surface area contributed by atoms with E-state index in [1.54, 1.807) is 12.4 Å². The number of hydrogen-bond acceptors (Lipinski definition) is 4. The van der Waals surface area contributed by atoms with E-state index in [1.807, 2.05) is 6.20 Å². The molecule has 0 aromatic carbocycles. The SMILES string of the molecule is CC(N[C@@H]1CCCNC1)c1cnccn1.Cl. The van der Waals surface area contributed by atoms with Gasteiger partial charge in [0, 0.05) is 37.2 Å². The lowest BCUT2D eigenvalue weighted by atomic mass is 10.1. The Morgan fingerprint density at radius 2 is 2.38 bits per heavy atom. The molecule has 1 aromatic heterocycles. The number of halogens is 1. The van der Waals surface area contributed by atoms with E-state index in [-0.39, 0.29) is 18.4 Å². The highest BCUT2D eigenvalue weighted by atomic mass is 35.5. The van der Waals surface area contributed by atoms with Gasteiger partial charge in [-0.05, 0) is 26.3 Å². The fourth-order valence-electron chi connectivity index (χ4n) is 1.97. The fourth-order valence-corrected chi connectivity index (χ4v) is 1.97. The van der Waals surface area contributed by atoms with Gasteiger partial charge in [-0.1, -0.05) is 0 Å². The highest BCUT2D eigenvalue weighted by molar-refractivity contribution is 5.85. The molecule has 1 fully saturated rings. The molecule has 0 spiro atoms. The quantitative estimate of drug-likeness (QED) is 0.839. The molecule has 0 bridgehead atoms. The van der Waals surface area contributed by atoms with Crippen LogP contribution in [0.25, 0.3) is 0 Å². The number of piperidine rings is 1. The predicted octanol–water partition coefficient (Wildman–Crippen LogP) is 1.30. The van der Waals surface area contributed by atoms with Gasteiger partial charge in [0.15, 0.2) is 0 Å². The fraction of sp³-hybridized carbons (Fsp3) is 0.636. The molecule has 90 valence electrons. The van der Waals surface area contributed by atoms with Gasteiger partial charge >= 0.3 is 0 Å². The van der Waals surface area contributed by atoms with Crippen LogP contribution in [0.3, 0.4) is 0 Å². The Balaban J connectivity index is 0.00000128. The van der Waals surface area contributed by atoms with Crippen molar-refractivity contribution >= 4 is 12.4 Å². The zero-order chi connectivity index (χ0) is 10.5. The molecular formula is C11H19ClN4. The van der Waals surface area contributed by atoms with E-state index in [9.17, 15) is 0 Å². The minimum Gasteiger partial charge on any atom is -0.315 e. The van der Waals surface area contributed by atoms with Gasteiger partial charge in [-0.15, -0.1) is 12.4 Å². The number of hydrogen-bond donors (Lipinski definition) is 2. The van der Waals surface area contributed by atoms with Gasteiger partial charge in [0.2, 0.25) is 0 Å². The lowest BCUT2D eigenvalue weighted by Gasteiger charge is -2.26. The Bertz CT molecular complexity index is 287. The van der Waals surface area contributed by atoms with Crippen molar-refractivity contribution in [2.24, 2.45) is 0 Å². The van der Waals surface area contributed by atoms with Gasteiger partial charge in [-0.3, -0.25) is 9.97 Å². The van der Waals surface area contributed by atoms with Crippen LogP contribution in [-0.2, 0) is 0 Å². The molecule has 0 amide bonds. The largest absolute Gasteiger partial charge is 0.315 e. The third-order valence-corrected chi connectivity index (χ3v) is 2.81. The molecule has 0 aliphatic carbocycles. The van der Waals surface area contributed by atoms with Gasteiger partial charge in [0.25, 0.3) is 0 Å². The van der Waals surface area contributed by atoms with Crippen molar-refractivity contribution in [3.8, 4) is 0 Å². The molecule has 1 aromatic rings. The zero-order valence-corrected chi connectivity index (χ0v) is 10.3. The van der Waals surface area contributed by atoms with E-state index in [1.165, 1.54) is 12.8 Å². The maximum atomic E-state index is 4.30. The Kier molecular flexibility index (Phi) is 5.66.